The van der Waals surface area contributed by atoms with Gasteiger partial charge in [0.1, 0.15) is 5.54 Å². The zero-order chi connectivity index (χ0) is 16.4. The van der Waals surface area contributed by atoms with Crippen molar-refractivity contribution in [1.82, 2.24) is 15.1 Å². The molecule has 5 heteroatoms. The molecule has 128 valence electrons. The number of hydrogen-bond donors (Lipinski definition) is 1. The topological polar surface area (TPSA) is 47.9 Å². The first kappa shape index (κ1) is 19.1. The predicted octanol–water partition coefficient (Wildman–Crippen LogP) is 2.83. The molecule has 0 aromatic heterocycles. The van der Waals surface area contributed by atoms with Crippen LogP contribution in [0, 0.1) is 4.91 Å². The summed E-state index contributed by atoms with van der Waals surface area (Å²) in [4.78, 5) is 16.0. The van der Waals surface area contributed by atoms with Crippen LogP contribution in [0.15, 0.2) is 17.5 Å². The van der Waals surface area contributed by atoms with Gasteiger partial charge in [0.15, 0.2) is 0 Å². The number of piperidine rings is 1. The van der Waals surface area contributed by atoms with Crippen molar-refractivity contribution in [3.63, 3.8) is 0 Å². The SMILES string of the molecule is C=C(CCN(C)CC)N1CCC(CCNCCC)(N=O)CC1. The summed E-state index contributed by atoms with van der Waals surface area (Å²) in [5, 5.41) is 6.88. The van der Waals surface area contributed by atoms with Crippen molar-refractivity contribution in [2.24, 2.45) is 5.18 Å². The second-order valence-electron chi connectivity index (χ2n) is 6.51. The molecular formula is C17H34N4O. The zero-order valence-corrected chi connectivity index (χ0v) is 14.7. The maximum atomic E-state index is 11.4. The summed E-state index contributed by atoms with van der Waals surface area (Å²) in [6.07, 6.45) is 4.69. The average Bonchev–Trinajstić information content (AvgIpc) is 2.56. The summed E-state index contributed by atoms with van der Waals surface area (Å²) in [5.41, 5.74) is 0.835. The summed E-state index contributed by atoms with van der Waals surface area (Å²) < 4.78 is 0. The lowest BCUT2D eigenvalue weighted by Gasteiger charge is -2.39. The number of nitrogens with zero attached hydrogens (tertiary/aromatic N) is 3. The van der Waals surface area contributed by atoms with Crippen LogP contribution in [0.1, 0.15) is 46.0 Å². The van der Waals surface area contributed by atoms with Crippen LogP contribution < -0.4 is 5.32 Å². The highest BCUT2D eigenvalue weighted by Gasteiger charge is 2.35. The number of nitrogens with one attached hydrogen (secondary N) is 1. The van der Waals surface area contributed by atoms with E-state index in [1.165, 1.54) is 5.70 Å². The van der Waals surface area contributed by atoms with Crippen molar-refractivity contribution in [3.05, 3.63) is 17.2 Å². The Morgan fingerprint density at radius 3 is 2.55 bits per heavy atom. The Balaban J connectivity index is 2.36. The van der Waals surface area contributed by atoms with Gasteiger partial charge in [-0.05, 0) is 58.8 Å². The molecule has 1 saturated heterocycles. The van der Waals surface area contributed by atoms with Crippen LogP contribution in [0.25, 0.3) is 0 Å². The van der Waals surface area contributed by atoms with Crippen molar-refractivity contribution in [2.45, 2.75) is 51.5 Å². The van der Waals surface area contributed by atoms with Crippen LogP contribution in [-0.2, 0) is 0 Å². The highest BCUT2D eigenvalue weighted by molar-refractivity contribution is 5.02. The summed E-state index contributed by atoms with van der Waals surface area (Å²) in [5.74, 6) is 0. The average molecular weight is 310 g/mol. The molecular weight excluding hydrogens is 276 g/mol. The van der Waals surface area contributed by atoms with Gasteiger partial charge in [-0.15, -0.1) is 0 Å². The summed E-state index contributed by atoms with van der Waals surface area (Å²) in [6, 6.07) is 0. The van der Waals surface area contributed by atoms with Crippen LogP contribution in [-0.4, -0.2) is 61.7 Å². The highest BCUT2D eigenvalue weighted by Crippen LogP contribution is 2.31. The van der Waals surface area contributed by atoms with Gasteiger partial charge in [-0.2, -0.15) is 4.91 Å². The maximum absolute atomic E-state index is 11.4. The van der Waals surface area contributed by atoms with E-state index in [0.717, 1.165) is 71.4 Å². The standard InChI is InChI=1S/C17H34N4O/c1-5-11-18-12-8-17(19-22)9-14-21(15-10-17)16(3)7-13-20(4)6-2/h18H,3,5-15H2,1-2,4H3. The third kappa shape index (κ3) is 6.05. The fourth-order valence-electron chi connectivity index (χ4n) is 2.89. The summed E-state index contributed by atoms with van der Waals surface area (Å²) in [6.45, 7) is 14.4. The lowest BCUT2D eigenvalue weighted by Crippen LogP contribution is -2.44. The van der Waals surface area contributed by atoms with E-state index in [9.17, 15) is 4.91 Å². The van der Waals surface area contributed by atoms with E-state index < -0.39 is 0 Å². The van der Waals surface area contributed by atoms with Crippen LogP contribution >= 0.6 is 0 Å². The lowest BCUT2D eigenvalue weighted by molar-refractivity contribution is 0.181. The number of nitroso groups, excluding NO2 is 1. The van der Waals surface area contributed by atoms with Gasteiger partial charge in [0.25, 0.3) is 0 Å². The molecule has 1 aliphatic rings. The van der Waals surface area contributed by atoms with Gasteiger partial charge < -0.3 is 15.1 Å². The van der Waals surface area contributed by atoms with E-state index >= 15 is 0 Å². The molecule has 22 heavy (non-hydrogen) atoms. The molecule has 0 unspecified atom stereocenters. The minimum absolute atomic E-state index is 0.363. The van der Waals surface area contributed by atoms with Gasteiger partial charge in [0.2, 0.25) is 0 Å². The van der Waals surface area contributed by atoms with Gasteiger partial charge in [-0.3, -0.25) is 0 Å². The van der Waals surface area contributed by atoms with Crippen molar-refractivity contribution >= 4 is 0 Å². The molecule has 1 fully saturated rings. The monoisotopic (exact) mass is 310 g/mol. The predicted molar refractivity (Wildman–Crippen MR) is 94.0 cm³/mol. The Hall–Kier alpha value is -0.940. The first-order valence-corrected chi connectivity index (χ1v) is 8.73. The molecule has 0 aliphatic carbocycles. The Kier molecular flexibility index (Phi) is 8.64. The summed E-state index contributed by atoms with van der Waals surface area (Å²) in [7, 11) is 2.13. The van der Waals surface area contributed by atoms with Crippen LogP contribution in [0.5, 0.6) is 0 Å². The first-order valence-electron chi connectivity index (χ1n) is 8.73. The minimum Gasteiger partial charge on any atom is -0.375 e. The normalized spacial score (nSPS) is 17.7. The number of likely N-dealkylation sites (tertiary alicyclic amines) is 1. The van der Waals surface area contributed by atoms with E-state index in [4.69, 9.17) is 0 Å². The molecule has 0 aromatic carbocycles. The molecule has 0 spiro atoms. The van der Waals surface area contributed by atoms with Crippen molar-refractivity contribution in [1.29, 1.82) is 0 Å². The number of hydrogen-bond acceptors (Lipinski definition) is 5. The fraction of sp³-hybridized carbons (Fsp3) is 0.882. The van der Waals surface area contributed by atoms with E-state index in [2.05, 4.69) is 47.8 Å². The van der Waals surface area contributed by atoms with Crippen molar-refractivity contribution in [3.8, 4) is 0 Å². The second-order valence-corrected chi connectivity index (χ2v) is 6.51. The zero-order valence-electron chi connectivity index (χ0n) is 14.7. The molecule has 1 N–H and O–H groups in total. The van der Waals surface area contributed by atoms with Crippen molar-refractivity contribution < 1.29 is 0 Å². The van der Waals surface area contributed by atoms with Gasteiger partial charge in [-0.25, -0.2) is 0 Å². The highest BCUT2D eigenvalue weighted by atomic mass is 16.3. The first-order chi connectivity index (χ1) is 10.6. The van der Waals surface area contributed by atoms with Gasteiger partial charge in [0.05, 0.1) is 0 Å². The van der Waals surface area contributed by atoms with E-state index in [-0.39, 0.29) is 5.54 Å². The Morgan fingerprint density at radius 1 is 1.32 bits per heavy atom. The molecule has 1 heterocycles. The third-order valence-electron chi connectivity index (χ3n) is 4.85. The summed E-state index contributed by atoms with van der Waals surface area (Å²) >= 11 is 0. The van der Waals surface area contributed by atoms with Gasteiger partial charge in [-0.1, -0.05) is 25.6 Å². The second kappa shape index (κ2) is 9.95. The molecule has 0 saturated carbocycles. The molecule has 5 nitrogen and oxygen atoms in total. The molecule has 0 atom stereocenters. The third-order valence-corrected chi connectivity index (χ3v) is 4.85. The maximum Gasteiger partial charge on any atom is 0.107 e. The molecule has 0 radical (unpaired) electrons. The number of rotatable bonds is 11. The lowest BCUT2D eigenvalue weighted by atomic mass is 9.85. The molecule has 0 bridgehead atoms. The Morgan fingerprint density at radius 2 is 2.00 bits per heavy atom. The molecule has 0 amide bonds. The van der Waals surface area contributed by atoms with E-state index in [1.54, 1.807) is 0 Å². The quantitative estimate of drug-likeness (QED) is 0.471. The smallest absolute Gasteiger partial charge is 0.107 e. The van der Waals surface area contributed by atoms with E-state index in [0.29, 0.717) is 0 Å². The van der Waals surface area contributed by atoms with Crippen molar-refractivity contribution in [2.75, 3.05) is 46.3 Å². The Bertz CT molecular complexity index is 338. The molecule has 1 aliphatic heterocycles. The van der Waals surface area contributed by atoms with Gasteiger partial charge >= 0.3 is 0 Å². The Labute approximate surface area is 136 Å². The molecule has 1 rings (SSSR count). The van der Waals surface area contributed by atoms with Crippen LogP contribution in [0.4, 0.5) is 0 Å². The van der Waals surface area contributed by atoms with Crippen LogP contribution in [0.3, 0.4) is 0 Å². The largest absolute Gasteiger partial charge is 0.375 e. The minimum atomic E-state index is -0.363. The fourth-order valence-corrected chi connectivity index (χ4v) is 2.89. The molecule has 0 aromatic rings. The van der Waals surface area contributed by atoms with Gasteiger partial charge in [0, 0.05) is 25.3 Å². The van der Waals surface area contributed by atoms with Crippen LogP contribution in [0.2, 0.25) is 0 Å². The van der Waals surface area contributed by atoms with E-state index in [1.807, 2.05) is 0 Å².